The van der Waals surface area contributed by atoms with Gasteiger partial charge < -0.3 is 14.8 Å². The molecule has 0 saturated heterocycles. The molecule has 1 aromatic carbocycles. The normalized spacial score (nSPS) is 15.3. The summed E-state index contributed by atoms with van der Waals surface area (Å²) in [5, 5.41) is 3.51. The Morgan fingerprint density at radius 3 is 2.75 bits per heavy atom. The molecule has 0 aliphatic heterocycles. The fourth-order valence-electron chi connectivity index (χ4n) is 1.87. The van der Waals surface area contributed by atoms with E-state index in [4.69, 9.17) is 9.47 Å². The number of nitrogens with one attached hydrogen (secondary N) is 1. The van der Waals surface area contributed by atoms with E-state index in [2.05, 4.69) is 44.3 Å². The molecule has 0 unspecified atom stereocenters. The first-order valence-corrected chi connectivity index (χ1v) is 7.68. The Balaban J connectivity index is 1.70. The molecule has 0 radical (unpaired) electrons. The number of ether oxygens (including phenoxy) is 2. The van der Waals surface area contributed by atoms with Gasteiger partial charge >= 0.3 is 0 Å². The van der Waals surface area contributed by atoms with Crippen molar-refractivity contribution < 1.29 is 9.47 Å². The van der Waals surface area contributed by atoms with E-state index in [9.17, 15) is 0 Å². The minimum atomic E-state index is -0.0562. The summed E-state index contributed by atoms with van der Waals surface area (Å²) in [5.41, 5.74) is 1.23. The molecule has 0 bridgehead atoms. The Morgan fingerprint density at radius 2 is 2.05 bits per heavy atom. The summed E-state index contributed by atoms with van der Waals surface area (Å²) in [5.74, 6) is 0.929. The van der Waals surface area contributed by atoms with Crippen LogP contribution in [-0.4, -0.2) is 24.9 Å². The van der Waals surface area contributed by atoms with Crippen LogP contribution in [0.3, 0.4) is 0 Å². The van der Waals surface area contributed by atoms with Gasteiger partial charge in [0.25, 0.3) is 0 Å². The van der Waals surface area contributed by atoms with Crippen LogP contribution < -0.4 is 10.1 Å². The SMILES string of the molecule is CCC(C)(C)OCCOc1cccc(CNC2CC2)c1. The molecule has 2 rings (SSSR count). The molecule has 0 aromatic heterocycles. The van der Waals surface area contributed by atoms with E-state index in [0.29, 0.717) is 13.2 Å². The third-order valence-electron chi connectivity index (χ3n) is 3.77. The second-order valence-corrected chi connectivity index (χ2v) is 6.11. The maximum absolute atomic E-state index is 5.78. The fraction of sp³-hybridized carbons (Fsp3) is 0.647. The van der Waals surface area contributed by atoms with Crippen LogP contribution in [0, 0.1) is 0 Å². The molecule has 1 saturated carbocycles. The molecule has 1 aliphatic carbocycles. The lowest BCUT2D eigenvalue weighted by Crippen LogP contribution is -2.25. The molecule has 0 heterocycles. The predicted molar refractivity (Wildman–Crippen MR) is 82.1 cm³/mol. The van der Waals surface area contributed by atoms with Gasteiger partial charge in [-0.2, -0.15) is 0 Å². The van der Waals surface area contributed by atoms with Crippen molar-refractivity contribution in [1.29, 1.82) is 0 Å². The van der Waals surface area contributed by atoms with Gasteiger partial charge in [0.2, 0.25) is 0 Å². The van der Waals surface area contributed by atoms with Crippen molar-refractivity contribution >= 4 is 0 Å². The third-order valence-corrected chi connectivity index (χ3v) is 3.77. The number of rotatable bonds is 9. The first kappa shape index (κ1) is 15.3. The molecule has 0 atom stereocenters. The van der Waals surface area contributed by atoms with E-state index >= 15 is 0 Å². The van der Waals surface area contributed by atoms with Gasteiger partial charge in [0.1, 0.15) is 12.4 Å². The van der Waals surface area contributed by atoms with E-state index in [1.54, 1.807) is 0 Å². The molecular weight excluding hydrogens is 250 g/mol. The van der Waals surface area contributed by atoms with Crippen LogP contribution in [0.15, 0.2) is 24.3 Å². The predicted octanol–water partition coefficient (Wildman–Crippen LogP) is 3.52. The van der Waals surface area contributed by atoms with Gasteiger partial charge in [-0.1, -0.05) is 19.1 Å². The molecule has 0 amide bonds. The van der Waals surface area contributed by atoms with Gasteiger partial charge in [0.05, 0.1) is 12.2 Å². The summed E-state index contributed by atoms with van der Waals surface area (Å²) in [6, 6.07) is 9.05. The van der Waals surface area contributed by atoms with Gasteiger partial charge in [0, 0.05) is 12.6 Å². The number of benzene rings is 1. The molecule has 1 aliphatic rings. The van der Waals surface area contributed by atoms with Crippen LogP contribution in [0.25, 0.3) is 0 Å². The van der Waals surface area contributed by atoms with Gasteiger partial charge in [0.15, 0.2) is 0 Å². The van der Waals surface area contributed by atoms with E-state index < -0.39 is 0 Å². The molecule has 1 fully saturated rings. The molecule has 20 heavy (non-hydrogen) atoms. The van der Waals surface area contributed by atoms with E-state index in [0.717, 1.165) is 24.8 Å². The lowest BCUT2D eigenvalue weighted by atomic mass is 10.1. The van der Waals surface area contributed by atoms with Gasteiger partial charge in [-0.25, -0.2) is 0 Å². The molecule has 1 N–H and O–H groups in total. The van der Waals surface area contributed by atoms with Crippen LogP contribution in [0.5, 0.6) is 5.75 Å². The number of hydrogen-bond donors (Lipinski definition) is 1. The summed E-state index contributed by atoms with van der Waals surface area (Å²) in [6.07, 6.45) is 3.65. The van der Waals surface area contributed by atoms with Crippen LogP contribution >= 0.6 is 0 Å². The molecule has 3 heteroatoms. The van der Waals surface area contributed by atoms with Crippen molar-refractivity contribution in [1.82, 2.24) is 5.32 Å². The van der Waals surface area contributed by atoms with Crippen LogP contribution in [0.4, 0.5) is 0 Å². The topological polar surface area (TPSA) is 30.5 Å². The minimum absolute atomic E-state index is 0.0562. The summed E-state index contributed by atoms with van der Waals surface area (Å²) < 4.78 is 11.5. The lowest BCUT2D eigenvalue weighted by molar-refractivity contribution is -0.0317. The molecule has 112 valence electrons. The Morgan fingerprint density at radius 1 is 1.25 bits per heavy atom. The zero-order valence-electron chi connectivity index (χ0n) is 12.9. The standard InChI is InChI=1S/C17H27NO2/c1-4-17(2,3)20-11-10-19-16-7-5-6-14(12-16)13-18-15-8-9-15/h5-7,12,15,18H,4,8-11,13H2,1-3H3. The van der Waals surface area contributed by atoms with Crippen LogP contribution in [0.1, 0.15) is 45.6 Å². The third kappa shape index (κ3) is 5.51. The summed E-state index contributed by atoms with van der Waals surface area (Å²) >= 11 is 0. The maximum Gasteiger partial charge on any atom is 0.119 e. The van der Waals surface area contributed by atoms with Crippen molar-refractivity contribution in [2.24, 2.45) is 0 Å². The Hall–Kier alpha value is -1.06. The smallest absolute Gasteiger partial charge is 0.119 e. The highest BCUT2D eigenvalue weighted by atomic mass is 16.5. The monoisotopic (exact) mass is 277 g/mol. The first-order chi connectivity index (χ1) is 9.59. The Labute approximate surface area is 122 Å². The molecule has 0 spiro atoms. The van der Waals surface area contributed by atoms with Crippen LogP contribution in [-0.2, 0) is 11.3 Å². The van der Waals surface area contributed by atoms with Crippen molar-refractivity contribution in [3.63, 3.8) is 0 Å². The number of hydrogen-bond acceptors (Lipinski definition) is 3. The second-order valence-electron chi connectivity index (χ2n) is 6.11. The lowest BCUT2D eigenvalue weighted by Gasteiger charge is -2.23. The van der Waals surface area contributed by atoms with Crippen molar-refractivity contribution in [2.45, 2.75) is 58.2 Å². The first-order valence-electron chi connectivity index (χ1n) is 7.68. The fourth-order valence-corrected chi connectivity index (χ4v) is 1.87. The van der Waals surface area contributed by atoms with E-state index in [1.165, 1.54) is 18.4 Å². The highest BCUT2D eigenvalue weighted by Crippen LogP contribution is 2.20. The summed E-state index contributed by atoms with van der Waals surface area (Å²) in [6.45, 7) is 8.51. The molecule has 1 aromatic rings. The van der Waals surface area contributed by atoms with Crippen molar-refractivity contribution in [3.8, 4) is 5.75 Å². The average Bonchev–Trinajstić information content (AvgIpc) is 3.26. The highest BCUT2D eigenvalue weighted by molar-refractivity contribution is 5.28. The molecular formula is C17H27NO2. The zero-order valence-corrected chi connectivity index (χ0v) is 12.9. The van der Waals surface area contributed by atoms with Gasteiger partial charge in [-0.05, 0) is 50.8 Å². The highest BCUT2D eigenvalue weighted by Gasteiger charge is 2.19. The Kier molecular flexibility index (Phi) is 5.44. The summed E-state index contributed by atoms with van der Waals surface area (Å²) in [7, 11) is 0. The quantitative estimate of drug-likeness (QED) is 0.701. The van der Waals surface area contributed by atoms with E-state index in [-0.39, 0.29) is 5.60 Å². The molecule has 3 nitrogen and oxygen atoms in total. The Bertz CT molecular complexity index is 413. The van der Waals surface area contributed by atoms with Crippen LogP contribution in [0.2, 0.25) is 0 Å². The van der Waals surface area contributed by atoms with E-state index in [1.807, 2.05) is 6.07 Å². The average molecular weight is 277 g/mol. The van der Waals surface area contributed by atoms with Crippen molar-refractivity contribution in [3.05, 3.63) is 29.8 Å². The zero-order chi connectivity index (χ0) is 14.4. The summed E-state index contributed by atoms with van der Waals surface area (Å²) in [4.78, 5) is 0. The van der Waals surface area contributed by atoms with Gasteiger partial charge in [-0.3, -0.25) is 0 Å². The van der Waals surface area contributed by atoms with Gasteiger partial charge in [-0.15, -0.1) is 0 Å². The second kappa shape index (κ2) is 7.09. The maximum atomic E-state index is 5.78. The largest absolute Gasteiger partial charge is 0.491 e. The van der Waals surface area contributed by atoms with Crippen molar-refractivity contribution in [2.75, 3.05) is 13.2 Å². The minimum Gasteiger partial charge on any atom is -0.491 e.